The maximum absolute atomic E-state index is 12.9. The van der Waals surface area contributed by atoms with Crippen molar-refractivity contribution >= 4 is 18.0 Å². The fourth-order valence-corrected chi connectivity index (χ4v) is 4.69. The van der Waals surface area contributed by atoms with Gasteiger partial charge in [0.25, 0.3) is 0 Å². The molecular formula is C26H30N2O5. The van der Waals surface area contributed by atoms with Crippen LogP contribution in [0.4, 0.5) is 4.79 Å². The van der Waals surface area contributed by atoms with Gasteiger partial charge in [0.1, 0.15) is 12.6 Å². The van der Waals surface area contributed by atoms with Crippen molar-refractivity contribution < 1.29 is 24.2 Å². The van der Waals surface area contributed by atoms with Crippen LogP contribution in [0, 0.1) is 17.8 Å². The standard InChI is InChI=1S/C26H30N2O5/c1-15(2)23(24(29)28-12-17(13-28)16(3)25(30)31)27-26(32)33-14-22-20-10-6-4-8-18(20)19-9-5-7-11-21(19)22/h4-11,15-17,22-23H,12-14H2,1-3H3,(H,27,32)(H,30,31)/t16?,23-/m0/s1. The number of alkyl carbamates (subject to hydrolysis) is 1. The smallest absolute Gasteiger partial charge is 0.407 e. The van der Waals surface area contributed by atoms with E-state index in [2.05, 4.69) is 29.6 Å². The van der Waals surface area contributed by atoms with Crippen LogP contribution in [0.15, 0.2) is 48.5 Å². The average Bonchev–Trinajstić information content (AvgIpc) is 3.08. The molecule has 1 fully saturated rings. The maximum Gasteiger partial charge on any atom is 0.407 e. The normalized spacial score (nSPS) is 17.0. The van der Waals surface area contributed by atoms with E-state index >= 15 is 0 Å². The number of fused-ring (bicyclic) bond motifs is 3. The fourth-order valence-electron chi connectivity index (χ4n) is 4.69. The van der Waals surface area contributed by atoms with Gasteiger partial charge in [-0.1, -0.05) is 69.3 Å². The van der Waals surface area contributed by atoms with Crippen molar-refractivity contribution in [1.82, 2.24) is 10.2 Å². The molecule has 0 radical (unpaired) electrons. The van der Waals surface area contributed by atoms with Crippen LogP contribution in [0.2, 0.25) is 0 Å². The van der Waals surface area contributed by atoms with Crippen LogP contribution >= 0.6 is 0 Å². The topological polar surface area (TPSA) is 95.9 Å². The van der Waals surface area contributed by atoms with Gasteiger partial charge in [0.15, 0.2) is 0 Å². The highest BCUT2D eigenvalue weighted by molar-refractivity contribution is 5.87. The molecule has 2 N–H and O–H groups in total. The molecular weight excluding hydrogens is 420 g/mol. The molecule has 1 aliphatic heterocycles. The summed E-state index contributed by atoms with van der Waals surface area (Å²) in [4.78, 5) is 38.4. The molecule has 33 heavy (non-hydrogen) atoms. The van der Waals surface area contributed by atoms with Gasteiger partial charge in [0.05, 0.1) is 5.92 Å². The predicted octanol–water partition coefficient (Wildman–Crippen LogP) is 3.73. The van der Waals surface area contributed by atoms with E-state index < -0.39 is 24.0 Å². The number of nitrogens with one attached hydrogen (secondary N) is 1. The third-order valence-electron chi connectivity index (χ3n) is 6.87. The Morgan fingerprint density at radius 2 is 1.55 bits per heavy atom. The second-order valence-electron chi connectivity index (χ2n) is 9.32. The zero-order valence-corrected chi connectivity index (χ0v) is 19.2. The summed E-state index contributed by atoms with van der Waals surface area (Å²) in [6.45, 7) is 6.35. The number of hydrogen-bond acceptors (Lipinski definition) is 4. The fraction of sp³-hybridized carbons (Fsp3) is 0.423. The molecule has 7 nitrogen and oxygen atoms in total. The minimum atomic E-state index is -0.857. The summed E-state index contributed by atoms with van der Waals surface area (Å²) in [7, 11) is 0. The van der Waals surface area contributed by atoms with Gasteiger partial charge in [0, 0.05) is 24.9 Å². The first-order chi connectivity index (χ1) is 15.8. The Bertz CT molecular complexity index is 1010. The number of likely N-dealkylation sites (tertiary alicyclic amines) is 1. The van der Waals surface area contributed by atoms with Crippen molar-refractivity contribution in [2.45, 2.75) is 32.7 Å². The molecule has 0 aromatic heterocycles. The Morgan fingerprint density at radius 3 is 2.06 bits per heavy atom. The summed E-state index contributed by atoms with van der Waals surface area (Å²) in [5.41, 5.74) is 4.56. The van der Waals surface area contributed by atoms with Crippen LogP contribution in [0.1, 0.15) is 37.8 Å². The molecule has 4 rings (SSSR count). The van der Waals surface area contributed by atoms with Gasteiger partial charge in [-0.25, -0.2) is 4.79 Å². The quantitative estimate of drug-likeness (QED) is 0.670. The second kappa shape index (κ2) is 9.25. The minimum Gasteiger partial charge on any atom is -0.481 e. The SMILES string of the molecule is CC(C(=O)O)C1CN(C(=O)[C@@H](NC(=O)OCC2c3ccccc3-c3ccccc32)C(C)C)C1. The number of nitrogens with zero attached hydrogens (tertiary/aromatic N) is 1. The van der Waals surface area contributed by atoms with Gasteiger partial charge < -0.3 is 20.1 Å². The van der Waals surface area contributed by atoms with Crippen LogP contribution in [0.3, 0.4) is 0 Å². The number of benzene rings is 2. The van der Waals surface area contributed by atoms with Crippen LogP contribution in [-0.2, 0) is 14.3 Å². The Kier molecular flexibility index (Phi) is 6.40. The van der Waals surface area contributed by atoms with Gasteiger partial charge in [-0.2, -0.15) is 0 Å². The van der Waals surface area contributed by atoms with E-state index in [-0.39, 0.29) is 30.3 Å². The van der Waals surface area contributed by atoms with Gasteiger partial charge in [-0.3, -0.25) is 9.59 Å². The van der Waals surface area contributed by atoms with E-state index in [9.17, 15) is 14.4 Å². The number of carbonyl (C=O) groups excluding carboxylic acids is 2. The number of carbonyl (C=O) groups is 3. The summed E-state index contributed by atoms with van der Waals surface area (Å²) < 4.78 is 5.59. The summed E-state index contributed by atoms with van der Waals surface area (Å²) in [5.74, 6) is -1.80. The van der Waals surface area contributed by atoms with E-state index in [1.165, 1.54) is 0 Å². The maximum atomic E-state index is 12.9. The van der Waals surface area contributed by atoms with Gasteiger partial charge in [-0.15, -0.1) is 0 Å². The molecule has 1 saturated heterocycles. The molecule has 0 saturated carbocycles. The zero-order chi connectivity index (χ0) is 23.7. The van der Waals surface area contributed by atoms with Crippen LogP contribution in [0.5, 0.6) is 0 Å². The monoisotopic (exact) mass is 450 g/mol. The Morgan fingerprint density at radius 1 is 1.00 bits per heavy atom. The van der Waals surface area contributed by atoms with Crippen molar-refractivity contribution in [2.75, 3.05) is 19.7 Å². The zero-order valence-electron chi connectivity index (χ0n) is 19.2. The molecule has 2 amide bonds. The highest BCUT2D eigenvalue weighted by Gasteiger charge is 2.40. The molecule has 7 heteroatoms. The summed E-state index contributed by atoms with van der Waals surface area (Å²) >= 11 is 0. The van der Waals surface area contributed by atoms with E-state index in [0.29, 0.717) is 13.1 Å². The number of amides is 2. The number of hydrogen-bond donors (Lipinski definition) is 2. The third-order valence-corrected chi connectivity index (χ3v) is 6.87. The summed E-state index contributed by atoms with van der Waals surface area (Å²) in [5, 5.41) is 11.9. The highest BCUT2D eigenvalue weighted by atomic mass is 16.5. The Labute approximate surface area is 193 Å². The first-order valence-corrected chi connectivity index (χ1v) is 11.4. The summed E-state index contributed by atoms with van der Waals surface area (Å²) in [6, 6.07) is 15.5. The van der Waals surface area contributed by atoms with Crippen LogP contribution in [-0.4, -0.2) is 53.7 Å². The molecule has 0 spiro atoms. The molecule has 1 unspecified atom stereocenters. The molecule has 174 valence electrons. The van der Waals surface area contributed by atoms with Crippen molar-refractivity contribution in [1.29, 1.82) is 0 Å². The molecule has 2 aliphatic rings. The molecule has 1 heterocycles. The Hall–Kier alpha value is -3.35. The lowest BCUT2D eigenvalue weighted by Gasteiger charge is -2.43. The number of carboxylic acids is 1. The predicted molar refractivity (Wildman–Crippen MR) is 124 cm³/mol. The van der Waals surface area contributed by atoms with E-state index in [0.717, 1.165) is 22.3 Å². The number of aliphatic carboxylic acids is 1. The molecule has 2 aromatic carbocycles. The first kappa shape index (κ1) is 22.8. The van der Waals surface area contributed by atoms with Crippen molar-refractivity contribution in [2.24, 2.45) is 17.8 Å². The molecule has 2 atom stereocenters. The van der Waals surface area contributed by atoms with Gasteiger partial charge in [0.2, 0.25) is 5.91 Å². The molecule has 2 aromatic rings. The van der Waals surface area contributed by atoms with Crippen molar-refractivity contribution in [3.8, 4) is 11.1 Å². The molecule has 1 aliphatic carbocycles. The number of carboxylic acid groups (broad SMARTS) is 1. The van der Waals surface area contributed by atoms with Crippen LogP contribution < -0.4 is 5.32 Å². The lowest BCUT2D eigenvalue weighted by molar-refractivity contribution is -0.151. The van der Waals surface area contributed by atoms with Crippen molar-refractivity contribution in [3.05, 3.63) is 59.7 Å². The van der Waals surface area contributed by atoms with Gasteiger partial charge in [-0.05, 0) is 28.2 Å². The summed E-state index contributed by atoms with van der Waals surface area (Å²) in [6.07, 6.45) is -0.625. The lowest BCUT2D eigenvalue weighted by Crippen LogP contribution is -2.60. The largest absolute Gasteiger partial charge is 0.481 e. The minimum absolute atomic E-state index is 0.0509. The Balaban J connectivity index is 1.37. The second-order valence-corrected chi connectivity index (χ2v) is 9.32. The molecule has 0 bridgehead atoms. The van der Waals surface area contributed by atoms with Crippen LogP contribution in [0.25, 0.3) is 11.1 Å². The number of ether oxygens (including phenoxy) is 1. The van der Waals surface area contributed by atoms with E-state index in [1.807, 2.05) is 38.1 Å². The lowest BCUT2D eigenvalue weighted by atomic mass is 9.86. The van der Waals surface area contributed by atoms with Crippen molar-refractivity contribution in [3.63, 3.8) is 0 Å². The highest BCUT2D eigenvalue weighted by Crippen LogP contribution is 2.44. The van der Waals surface area contributed by atoms with E-state index in [1.54, 1.807) is 11.8 Å². The average molecular weight is 451 g/mol. The van der Waals surface area contributed by atoms with E-state index in [4.69, 9.17) is 9.84 Å². The third kappa shape index (κ3) is 4.45. The number of rotatable bonds is 7. The first-order valence-electron chi connectivity index (χ1n) is 11.4. The van der Waals surface area contributed by atoms with Gasteiger partial charge >= 0.3 is 12.1 Å².